The molecule has 9 heteroatoms. The quantitative estimate of drug-likeness (QED) is 0.362. The molecule has 28 heavy (non-hydrogen) atoms. The van der Waals surface area contributed by atoms with Crippen molar-refractivity contribution in [2.75, 3.05) is 31.6 Å². The number of aromatic nitrogens is 2. The van der Waals surface area contributed by atoms with Crippen LogP contribution in [0.4, 0.5) is 5.82 Å². The summed E-state index contributed by atoms with van der Waals surface area (Å²) in [7, 11) is 1.77. The van der Waals surface area contributed by atoms with E-state index >= 15 is 0 Å². The number of hydrogen-bond acceptors (Lipinski definition) is 6. The van der Waals surface area contributed by atoms with Crippen molar-refractivity contribution < 1.29 is 4.74 Å². The Morgan fingerprint density at radius 2 is 2.11 bits per heavy atom. The van der Waals surface area contributed by atoms with Crippen LogP contribution in [-0.2, 0) is 17.8 Å². The second kappa shape index (κ2) is 10.9. The first-order chi connectivity index (χ1) is 13.0. The number of pyridine rings is 1. The molecule has 7 nitrogen and oxygen atoms in total. The molecule has 2 aromatic rings. The molecule has 2 N–H and O–H groups in total. The standard InChI is InChI=1S/C19H28N6OS.HI/c1-13-12-25(7-8-26-13)17-6-5-16(9-21-17)10-22-19(20-4)23-11-18-24-14(2)15(3)27-18;/h5-6,9,13H,7-8,10-12H2,1-4H3,(H2,20,22,23);1H. The third-order valence-corrected chi connectivity index (χ3v) is 5.61. The average molecular weight is 516 g/mol. The van der Waals surface area contributed by atoms with Gasteiger partial charge < -0.3 is 20.3 Å². The van der Waals surface area contributed by atoms with E-state index in [0.29, 0.717) is 13.1 Å². The Balaban J connectivity index is 0.00000280. The van der Waals surface area contributed by atoms with Gasteiger partial charge in [-0.1, -0.05) is 6.07 Å². The molecule has 0 aromatic carbocycles. The molecule has 0 bridgehead atoms. The Kier molecular flexibility index (Phi) is 8.90. The molecule has 0 radical (unpaired) electrons. The van der Waals surface area contributed by atoms with Crippen LogP contribution in [-0.4, -0.2) is 48.8 Å². The highest BCUT2D eigenvalue weighted by molar-refractivity contribution is 14.0. The summed E-state index contributed by atoms with van der Waals surface area (Å²) < 4.78 is 5.59. The summed E-state index contributed by atoms with van der Waals surface area (Å²) in [5.41, 5.74) is 2.21. The number of aliphatic imine (C=N–C) groups is 1. The zero-order valence-electron chi connectivity index (χ0n) is 16.9. The van der Waals surface area contributed by atoms with Crippen molar-refractivity contribution in [3.8, 4) is 0 Å². The normalized spacial score (nSPS) is 17.2. The predicted octanol–water partition coefficient (Wildman–Crippen LogP) is 2.86. The first-order valence-electron chi connectivity index (χ1n) is 9.24. The van der Waals surface area contributed by atoms with Crippen LogP contribution >= 0.6 is 35.3 Å². The predicted molar refractivity (Wildman–Crippen MR) is 126 cm³/mol. The first-order valence-corrected chi connectivity index (χ1v) is 10.1. The molecule has 154 valence electrons. The lowest BCUT2D eigenvalue weighted by molar-refractivity contribution is 0.0529. The molecule has 0 saturated carbocycles. The number of morpholine rings is 1. The number of hydrogen-bond donors (Lipinski definition) is 2. The fraction of sp³-hybridized carbons (Fsp3) is 0.526. The lowest BCUT2D eigenvalue weighted by atomic mass is 10.2. The number of nitrogens with zero attached hydrogens (tertiary/aromatic N) is 4. The minimum Gasteiger partial charge on any atom is -0.375 e. The fourth-order valence-electron chi connectivity index (χ4n) is 2.92. The van der Waals surface area contributed by atoms with Crippen LogP contribution in [0.3, 0.4) is 0 Å². The van der Waals surface area contributed by atoms with Gasteiger partial charge in [0.1, 0.15) is 10.8 Å². The Bertz CT molecular complexity index is 760. The maximum Gasteiger partial charge on any atom is 0.191 e. The van der Waals surface area contributed by atoms with E-state index in [1.807, 2.05) is 13.1 Å². The molecule has 0 spiro atoms. The largest absolute Gasteiger partial charge is 0.375 e. The molecule has 3 heterocycles. The topological polar surface area (TPSA) is 74.7 Å². The molecule has 3 rings (SSSR count). The van der Waals surface area contributed by atoms with Crippen LogP contribution in [0.5, 0.6) is 0 Å². The zero-order chi connectivity index (χ0) is 19.2. The van der Waals surface area contributed by atoms with Crippen LogP contribution < -0.4 is 15.5 Å². The van der Waals surface area contributed by atoms with Gasteiger partial charge in [-0.25, -0.2) is 9.97 Å². The van der Waals surface area contributed by atoms with Gasteiger partial charge in [-0.2, -0.15) is 0 Å². The van der Waals surface area contributed by atoms with Gasteiger partial charge in [0.05, 0.1) is 24.9 Å². The summed E-state index contributed by atoms with van der Waals surface area (Å²) >= 11 is 1.72. The van der Waals surface area contributed by atoms with Gasteiger partial charge in [0.2, 0.25) is 0 Å². The number of guanidine groups is 1. The Labute approximate surface area is 188 Å². The summed E-state index contributed by atoms with van der Waals surface area (Å²) in [4.78, 5) is 17.0. The van der Waals surface area contributed by atoms with E-state index in [-0.39, 0.29) is 30.1 Å². The minimum atomic E-state index is 0. The molecule has 1 unspecified atom stereocenters. The van der Waals surface area contributed by atoms with Crippen LogP contribution in [0.15, 0.2) is 23.3 Å². The molecule has 0 aliphatic carbocycles. The molecular weight excluding hydrogens is 487 g/mol. The number of rotatable bonds is 5. The van der Waals surface area contributed by atoms with E-state index in [2.05, 4.69) is 56.5 Å². The van der Waals surface area contributed by atoms with Crippen molar-refractivity contribution in [1.82, 2.24) is 20.6 Å². The highest BCUT2D eigenvalue weighted by atomic mass is 127. The number of anilines is 1. The van der Waals surface area contributed by atoms with Crippen LogP contribution in [0.25, 0.3) is 0 Å². The van der Waals surface area contributed by atoms with Crippen LogP contribution in [0.1, 0.15) is 28.1 Å². The van der Waals surface area contributed by atoms with E-state index in [0.717, 1.165) is 47.7 Å². The number of ether oxygens (including phenoxy) is 1. The van der Waals surface area contributed by atoms with Gasteiger partial charge in [0.15, 0.2) is 5.96 Å². The number of aryl methyl sites for hydroxylation is 2. The number of nitrogens with one attached hydrogen (secondary N) is 2. The summed E-state index contributed by atoms with van der Waals surface area (Å²) in [5, 5.41) is 7.70. The van der Waals surface area contributed by atoms with Crippen molar-refractivity contribution in [1.29, 1.82) is 0 Å². The third kappa shape index (κ3) is 6.28. The van der Waals surface area contributed by atoms with E-state index in [4.69, 9.17) is 4.74 Å². The fourth-order valence-corrected chi connectivity index (χ4v) is 3.79. The molecule has 0 amide bonds. The van der Waals surface area contributed by atoms with E-state index < -0.39 is 0 Å². The van der Waals surface area contributed by atoms with E-state index in [9.17, 15) is 0 Å². The van der Waals surface area contributed by atoms with Crippen LogP contribution in [0.2, 0.25) is 0 Å². The Morgan fingerprint density at radius 3 is 2.71 bits per heavy atom. The van der Waals surface area contributed by atoms with Crippen molar-refractivity contribution in [3.05, 3.63) is 39.5 Å². The average Bonchev–Trinajstić information content (AvgIpc) is 3.00. The molecule has 1 atom stereocenters. The number of halogens is 1. The lowest BCUT2D eigenvalue weighted by Gasteiger charge is -2.32. The van der Waals surface area contributed by atoms with Gasteiger partial charge in [-0.15, -0.1) is 35.3 Å². The smallest absolute Gasteiger partial charge is 0.191 e. The monoisotopic (exact) mass is 516 g/mol. The maximum atomic E-state index is 5.59. The second-order valence-electron chi connectivity index (χ2n) is 6.68. The molecule has 1 saturated heterocycles. The molecule has 1 aliphatic heterocycles. The summed E-state index contributed by atoms with van der Waals surface area (Å²) in [6.45, 7) is 10.1. The number of thiazole rings is 1. The maximum absolute atomic E-state index is 5.59. The SMILES string of the molecule is CN=C(NCc1ccc(N2CCOC(C)C2)nc1)NCc1nc(C)c(C)s1.I. The van der Waals surface area contributed by atoms with Crippen molar-refractivity contribution in [2.45, 2.75) is 40.0 Å². The van der Waals surface area contributed by atoms with Gasteiger partial charge in [-0.05, 0) is 32.4 Å². The van der Waals surface area contributed by atoms with Crippen molar-refractivity contribution >= 4 is 47.1 Å². The lowest BCUT2D eigenvalue weighted by Crippen LogP contribution is -2.41. The summed E-state index contributed by atoms with van der Waals surface area (Å²) in [6.07, 6.45) is 2.17. The molecule has 1 fully saturated rings. The highest BCUT2D eigenvalue weighted by Gasteiger charge is 2.17. The van der Waals surface area contributed by atoms with E-state index in [1.165, 1.54) is 4.88 Å². The van der Waals surface area contributed by atoms with E-state index in [1.54, 1.807) is 18.4 Å². The molecule has 1 aliphatic rings. The van der Waals surface area contributed by atoms with Crippen LogP contribution in [0, 0.1) is 13.8 Å². The Hall–Kier alpha value is -1.46. The first kappa shape index (κ1) is 22.8. The zero-order valence-corrected chi connectivity index (χ0v) is 20.0. The highest BCUT2D eigenvalue weighted by Crippen LogP contribution is 2.16. The summed E-state index contributed by atoms with van der Waals surface area (Å²) in [5.74, 6) is 1.76. The molecule has 2 aromatic heterocycles. The third-order valence-electron chi connectivity index (χ3n) is 4.54. The van der Waals surface area contributed by atoms with Gasteiger partial charge >= 0.3 is 0 Å². The van der Waals surface area contributed by atoms with Crippen molar-refractivity contribution in [2.24, 2.45) is 4.99 Å². The molecular formula is C19H29IN6OS. The van der Waals surface area contributed by atoms with Gasteiger partial charge in [0.25, 0.3) is 0 Å². The van der Waals surface area contributed by atoms with Gasteiger partial charge in [-0.3, -0.25) is 4.99 Å². The Morgan fingerprint density at radius 1 is 1.32 bits per heavy atom. The second-order valence-corrected chi connectivity index (χ2v) is 7.97. The summed E-state index contributed by atoms with van der Waals surface area (Å²) in [6, 6.07) is 4.18. The van der Waals surface area contributed by atoms with Gasteiger partial charge in [0, 0.05) is 37.8 Å². The van der Waals surface area contributed by atoms with Crippen molar-refractivity contribution in [3.63, 3.8) is 0 Å². The minimum absolute atomic E-state index is 0.